The van der Waals surface area contributed by atoms with Crippen LogP contribution in [0.25, 0.3) is 0 Å². The van der Waals surface area contributed by atoms with Crippen molar-refractivity contribution in [1.82, 2.24) is 0 Å². The molecule has 1 rings (SSSR count). The molecule has 0 saturated carbocycles. The van der Waals surface area contributed by atoms with Crippen molar-refractivity contribution >= 4 is 21.6 Å². The number of anilines is 1. The molecule has 21 heavy (non-hydrogen) atoms. The molecule has 118 valence electrons. The van der Waals surface area contributed by atoms with E-state index in [9.17, 15) is 13.2 Å². The second-order valence-electron chi connectivity index (χ2n) is 4.81. The maximum absolute atomic E-state index is 12.1. The minimum absolute atomic E-state index is 0.00239. The zero-order chi connectivity index (χ0) is 16.2. The van der Waals surface area contributed by atoms with Gasteiger partial charge in [0.15, 0.2) is 0 Å². The molecular weight excluding hydrogens is 294 g/mol. The number of hydrogen-bond donors (Lipinski definition) is 3. The van der Waals surface area contributed by atoms with Crippen LogP contribution >= 0.6 is 0 Å². The van der Waals surface area contributed by atoms with Crippen LogP contribution in [0.2, 0.25) is 0 Å². The van der Waals surface area contributed by atoms with Gasteiger partial charge >= 0.3 is 0 Å². The van der Waals surface area contributed by atoms with Gasteiger partial charge in [-0.15, -0.1) is 0 Å². The van der Waals surface area contributed by atoms with Crippen molar-refractivity contribution in [2.24, 2.45) is 16.8 Å². The number of methoxy groups -OCH3 is 1. The molecule has 0 fully saturated rings. The molecule has 2 atom stereocenters. The standard InChI is InChI=1S/C13H21N3O4S/c1-4-8(2)12(14)13(17)16-10-7-9(21(15,18)19)5-6-11(10)20-3/h5-8,12H,4,14H2,1-3H3,(H,16,17)(H2,15,18,19)/t8?,12-/m0/s1. The first-order valence-corrected chi connectivity index (χ1v) is 8.02. The second-order valence-corrected chi connectivity index (χ2v) is 6.37. The van der Waals surface area contributed by atoms with Gasteiger partial charge in [0.2, 0.25) is 15.9 Å². The average molecular weight is 315 g/mol. The Kier molecular flexibility index (Phi) is 5.70. The monoisotopic (exact) mass is 315 g/mol. The predicted octanol–water partition coefficient (Wildman–Crippen LogP) is 0.655. The van der Waals surface area contributed by atoms with E-state index in [2.05, 4.69) is 5.32 Å². The van der Waals surface area contributed by atoms with E-state index in [1.54, 1.807) is 0 Å². The average Bonchev–Trinajstić information content (AvgIpc) is 2.44. The highest BCUT2D eigenvalue weighted by Crippen LogP contribution is 2.27. The number of sulfonamides is 1. The fourth-order valence-corrected chi connectivity index (χ4v) is 2.23. The van der Waals surface area contributed by atoms with E-state index in [1.807, 2.05) is 13.8 Å². The number of carbonyl (C=O) groups excluding carboxylic acids is 1. The molecule has 5 N–H and O–H groups in total. The van der Waals surface area contributed by atoms with Crippen LogP contribution in [0.5, 0.6) is 5.75 Å². The molecule has 7 nitrogen and oxygen atoms in total. The number of carbonyl (C=O) groups is 1. The third-order valence-electron chi connectivity index (χ3n) is 3.32. The summed E-state index contributed by atoms with van der Waals surface area (Å²) in [4.78, 5) is 12.0. The Morgan fingerprint density at radius 1 is 1.43 bits per heavy atom. The molecule has 0 radical (unpaired) electrons. The SMILES string of the molecule is CCC(C)[C@H](N)C(=O)Nc1cc(S(N)(=O)=O)ccc1OC. The van der Waals surface area contributed by atoms with Crippen LogP contribution in [0.4, 0.5) is 5.69 Å². The first kappa shape index (κ1) is 17.4. The molecule has 1 aromatic carbocycles. The van der Waals surface area contributed by atoms with Crippen molar-refractivity contribution < 1.29 is 17.9 Å². The van der Waals surface area contributed by atoms with Gasteiger partial charge in [-0.05, 0) is 24.1 Å². The fraction of sp³-hybridized carbons (Fsp3) is 0.462. The number of nitrogens with one attached hydrogen (secondary N) is 1. The molecule has 8 heteroatoms. The van der Waals surface area contributed by atoms with Crippen LogP contribution in [-0.4, -0.2) is 27.5 Å². The molecule has 1 amide bonds. The molecule has 1 unspecified atom stereocenters. The first-order chi connectivity index (χ1) is 9.70. The topological polar surface area (TPSA) is 125 Å². The van der Waals surface area contributed by atoms with Gasteiger partial charge in [-0.2, -0.15) is 0 Å². The van der Waals surface area contributed by atoms with Crippen LogP contribution in [0, 0.1) is 5.92 Å². The van der Waals surface area contributed by atoms with Crippen LogP contribution in [0.1, 0.15) is 20.3 Å². The zero-order valence-corrected chi connectivity index (χ0v) is 13.1. The highest BCUT2D eigenvalue weighted by Gasteiger charge is 2.21. The molecule has 0 spiro atoms. The van der Waals surface area contributed by atoms with Crippen molar-refractivity contribution in [3.63, 3.8) is 0 Å². The van der Waals surface area contributed by atoms with Gasteiger partial charge in [-0.3, -0.25) is 4.79 Å². The smallest absolute Gasteiger partial charge is 0.241 e. The van der Waals surface area contributed by atoms with Crippen LogP contribution in [0.15, 0.2) is 23.1 Å². The van der Waals surface area contributed by atoms with Gasteiger partial charge in [0.05, 0.1) is 23.7 Å². The van der Waals surface area contributed by atoms with Gasteiger partial charge in [0.25, 0.3) is 0 Å². The van der Waals surface area contributed by atoms with Gasteiger partial charge in [0.1, 0.15) is 5.75 Å². The Hall–Kier alpha value is -1.64. The van der Waals surface area contributed by atoms with Crippen molar-refractivity contribution in [1.29, 1.82) is 0 Å². The molecular formula is C13H21N3O4S. The number of nitrogens with two attached hydrogens (primary N) is 2. The predicted molar refractivity (Wildman–Crippen MR) is 80.4 cm³/mol. The van der Waals surface area contributed by atoms with Crippen LogP contribution in [0.3, 0.4) is 0 Å². The Morgan fingerprint density at radius 3 is 2.52 bits per heavy atom. The molecule has 0 saturated heterocycles. The Morgan fingerprint density at radius 2 is 2.05 bits per heavy atom. The summed E-state index contributed by atoms with van der Waals surface area (Å²) >= 11 is 0. The van der Waals surface area contributed by atoms with E-state index >= 15 is 0 Å². The lowest BCUT2D eigenvalue weighted by Crippen LogP contribution is -2.40. The summed E-state index contributed by atoms with van der Waals surface area (Å²) in [6.07, 6.45) is 0.753. The van der Waals surface area contributed by atoms with E-state index in [1.165, 1.54) is 25.3 Å². The summed E-state index contributed by atoms with van der Waals surface area (Å²) < 4.78 is 27.8. The van der Waals surface area contributed by atoms with E-state index in [0.717, 1.165) is 6.42 Å². The summed E-state index contributed by atoms with van der Waals surface area (Å²) in [5.74, 6) is -0.0845. The third-order valence-corrected chi connectivity index (χ3v) is 4.23. The molecule has 0 bridgehead atoms. The Balaban J connectivity index is 3.09. The van der Waals surface area contributed by atoms with Crippen molar-refractivity contribution in [2.75, 3.05) is 12.4 Å². The van der Waals surface area contributed by atoms with Crippen molar-refractivity contribution in [3.05, 3.63) is 18.2 Å². The van der Waals surface area contributed by atoms with Gasteiger partial charge in [-0.25, -0.2) is 13.6 Å². The molecule has 0 aromatic heterocycles. The number of benzene rings is 1. The summed E-state index contributed by atoms with van der Waals surface area (Å²) in [6.45, 7) is 3.79. The second kappa shape index (κ2) is 6.88. The van der Waals surface area contributed by atoms with Crippen molar-refractivity contribution in [3.8, 4) is 5.75 Å². The van der Waals surface area contributed by atoms with Gasteiger partial charge in [-0.1, -0.05) is 20.3 Å². The van der Waals surface area contributed by atoms with E-state index in [4.69, 9.17) is 15.6 Å². The number of hydrogen-bond acceptors (Lipinski definition) is 5. The molecule has 0 aliphatic carbocycles. The Bertz CT molecular complexity index is 616. The maximum atomic E-state index is 12.1. The molecule has 0 aliphatic rings. The largest absolute Gasteiger partial charge is 0.495 e. The molecule has 1 aromatic rings. The highest BCUT2D eigenvalue weighted by atomic mass is 32.2. The lowest BCUT2D eigenvalue weighted by atomic mass is 9.99. The number of primary sulfonamides is 1. The minimum Gasteiger partial charge on any atom is -0.495 e. The summed E-state index contributed by atoms with van der Waals surface area (Å²) in [7, 11) is -2.45. The van der Waals surface area contributed by atoms with E-state index in [0.29, 0.717) is 5.75 Å². The van der Waals surface area contributed by atoms with Gasteiger partial charge < -0.3 is 15.8 Å². The number of rotatable bonds is 6. The Labute approximate surface area is 124 Å². The lowest BCUT2D eigenvalue weighted by molar-refractivity contribution is -0.118. The van der Waals surface area contributed by atoms with Gasteiger partial charge in [0, 0.05) is 0 Å². The molecule has 0 heterocycles. The van der Waals surface area contributed by atoms with Crippen LogP contribution in [-0.2, 0) is 14.8 Å². The zero-order valence-electron chi connectivity index (χ0n) is 12.3. The van der Waals surface area contributed by atoms with Crippen molar-refractivity contribution in [2.45, 2.75) is 31.2 Å². The fourth-order valence-electron chi connectivity index (χ4n) is 1.69. The van der Waals surface area contributed by atoms with Crippen LogP contribution < -0.4 is 20.9 Å². The highest BCUT2D eigenvalue weighted by molar-refractivity contribution is 7.89. The summed E-state index contributed by atoms with van der Waals surface area (Å²) in [5.41, 5.74) is 6.05. The van der Waals surface area contributed by atoms with E-state index in [-0.39, 0.29) is 16.5 Å². The maximum Gasteiger partial charge on any atom is 0.241 e. The summed E-state index contributed by atoms with van der Waals surface area (Å²) in [5, 5.41) is 7.65. The number of ether oxygens (including phenoxy) is 1. The first-order valence-electron chi connectivity index (χ1n) is 6.48. The minimum atomic E-state index is -3.87. The normalized spacial score (nSPS) is 14.3. The number of amides is 1. The van der Waals surface area contributed by atoms with E-state index < -0.39 is 22.0 Å². The molecule has 0 aliphatic heterocycles. The lowest BCUT2D eigenvalue weighted by Gasteiger charge is -2.19. The summed E-state index contributed by atoms with van der Waals surface area (Å²) in [6, 6.07) is 3.27. The quantitative estimate of drug-likeness (QED) is 0.711. The third kappa shape index (κ3) is 4.42.